The third-order valence-electron chi connectivity index (χ3n) is 2.81. The van der Waals surface area contributed by atoms with Crippen molar-refractivity contribution in [3.63, 3.8) is 0 Å². The predicted octanol–water partition coefficient (Wildman–Crippen LogP) is 2.73. The molecule has 1 aliphatic rings. The van der Waals surface area contributed by atoms with Crippen LogP contribution in [0.25, 0.3) is 0 Å². The van der Waals surface area contributed by atoms with Gasteiger partial charge in [0, 0.05) is 23.9 Å². The zero-order chi connectivity index (χ0) is 12.4. The summed E-state index contributed by atoms with van der Waals surface area (Å²) in [7, 11) is 0. The van der Waals surface area contributed by atoms with Crippen LogP contribution >= 0.6 is 0 Å². The third kappa shape index (κ3) is 2.05. The van der Waals surface area contributed by atoms with Crippen LogP contribution in [0.5, 0.6) is 17.2 Å². The van der Waals surface area contributed by atoms with Crippen molar-refractivity contribution in [1.82, 2.24) is 0 Å². The number of para-hydroxylation sites is 1. The number of nitrogens with one attached hydrogen (secondary N) is 1. The van der Waals surface area contributed by atoms with Crippen LogP contribution in [0.15, 0.2) is 42.5 Å². The Morgan fingerprint density at radius 1 is 1.11 bits per heavy atom. The summed E-state index contributed by atoms with van der Waals surface area (Å²) in [4.78, 5) is 0. The van der Waals surface area contributed by atoms with Crippen LogP contribution in [0.2, 0.25) is 0 Å². The Hall–Kier alpha value is -2.36. The quantitative estimate of drug-likeness (QED) is 0.870. The third-order valence-corrected chi connectivity index (χ3v) is 2.81. The van der Waals surface area contributed by atoms with Gasteiger partial charge in [0.1, 0.15) is 5.75 Å². The van der Waals surface area contributed by atoms with Gasteiger partial charge in [-0.05, 0) is 18.2 Å². The zero-order valence-electron chi connectivity index (χ0n) is 9.72. The van der Waals surface area contributed by atoms with Crippen LogP contribution in [0, 0.1) is 0 Å². The molecule has 1 aliphatic heterocycles. The number of phenols is 1. The fourth-order valence-electron chi connectivity index (χ4n) is 1.94. The summed E-state index contributed by atoms with van der Waals surface area (Å²) in [5.74, 6) is 1.83. The topological polar surface area (TPSA) is 50.7 Å². The molecule has 0 atom stereocenters. The van der Waals surface area contributed by atoms with Gasteiger partial charge in [-0.25, -0.2) is 0 Å². The first kappa shape index (κ1) is 10.8. The molecule has 4 heteroatoms. The predicted molar refractivity (Wildman–Crippen MR) is 68.0 cm³/mol. The Balaban J connectivity index is 1.76. The van der Waals surface area contributed by atoms with E-state index in [1.165, 1.54) is 0 Å². The lowest BCUT2D eigenvalue weighted by atomic mass is 10.2. The van der Waals surface area contributed by atoms with Crippen molar-refractivity contribution in [2.24, 2.45) is 0 Å². The number of rotatable bonds is 3. The number of aromatic hydroxyl groups is 1. The van der Waals surface area contributed by atoms with Crippen LogP contribution in [0.4, 0.5) is 5.69 Å². The maximum Gasteiger partial charge on any atom is 0.231 e. The minimum atomic E-state index is 0.248. The van der Waals surface area contributed by atoms with E-state index in [1.54, 1.807) is 18.2 Å². The SMILES string of the molecule is Oc1cccc(NCc2cccc3c2OCO3)c1. The van der Waals surface area contributed by atoms with Crippen molar-refractivity contribution in [2.75, 3.05) is 12.1 Å². The van der Waals surface area contributed by atoms with Crippen LogP contribution < -0.4 is 14.8 Å². The summed E-state index contributed by atoms with van der Waals surface area (Å²) >= 11 is 0. The van der Waals surface area contributed by atoms with Crippen LogP contribution in [-0.2, 0) is 6.54 Å². The van der Waals surface area contributed by atoms with E-state index in [0.717, 1.165) is 22.7 Å². The smallest absolute Gasteiger partial charge is 0.231 e. The normalized spacial score (nSPS) is 12.4. The van der Waals surface area contributed by atoms with E-state index in [9.17, 15) is 5.11 Å². The first-order valence-corrected chi connectivity index (χ1v) is 5.73. The van der Waals surface area contributed by atoms with Gasteiger partial charge in [-0.3, -0.25) is 0 Å². The largest absolute Gasteiger partial charge is 0.508 e. The van der Waals surface area contributed by atoms with Gasteiger partial charge in [-0.2, -0.15) is 0 Å². The molecule has 4 nitrogen and oxygen atoms in total. The molecule has 2 N–H and O–H groups in total. The van der Waals surface area contributed by atoms with Crippen molar-refractivity contribution in [3.8, 4) is 17.2 Å². The molecule has 0 saturated heterocycles. The molecule has 18 heavy (non-hydrogen) atoms. The molecule has 0 aliphatic carbocycles. The minimum Gasteiger partial charge on any atom is -0.508 e. The molecular formula is C14H13NO3. The van der Waals surface area contributed by atoms with Gasteiger partial charge in [0.05, 0.1) is 0 Å². The number of benzene rings is 2. The highest BCUT2D eigenvalue weighted by Gasteiger charge is 2.16. The van der Waals surface area contributed by atoms with E-state index in [4.69, 9.17) is 9.47 Å². The fraction of sp³-hybridized carbons (Fsp3) is 0.143. The molecule has 92 valence electrons. The first-order chi connectivity index (χ1) is 8.83. The molecule has 0 saturated carbocycles. The number of hydrogen-bond donors (Lipinski definition) is 2. The number of ether oxygens (including phenoxy) is 2. The number of hydrogen-bond acceptors (Lipinski definition) is 4. The molecule has 0 aromatic heterocycles. The summed E-state index contributed by atoms with van der Waals surface area (Å²) in [6.07, 6.45) is 0. The standard InChI is InChI=1S/C14H13NO3/c16-12-5-2-4-11(7-12)15-8-10-3-1-6-13-14(10)18-9-17-13/h1-7,15-16H,8-9H2. The second-order valence-electron chi connectivity index (χ2n) is 4.05. The van der Waals surface area contributed by atoms with Crippen molar-refractivity contribution in [1.29, 1.82) is 0 Å². The summed E-state index contributed by atoms with van der Waals surface area (Å²) < 4.78 is 10.8. The monoisotopic (exact) mass is 243 g/mol. The van der Waals surface area contributed by atoms with E-state index in [2.05, 4.69) is 5.32 Å². The Kier molecular flexibility index (Phi) is 2.68. The molecule has 0 unspecified atom stereocenters. The van der Waals surface area contributed by atoms with Crippen LogP contribution in [-0.4, -0.2) is 11.9 Å². The number of anilines is 1. The Morgan fingerprint density at radius 2 is 2.00 bits per heavy atom. The van der Waals surface area contributed by atoms with E-state index < -0.39 is 0 Å². The zero-order valence-corrected chi connectivity index (χ0v) is 9.72. The van der Waals surface area contributed by atoms with E-state index in [-0.39, 0.29) is 12.5 Å². The fourth-order valence-corrected chi connectivity index (χ4v) is 1.94. The first-order valence-electron chi connectivity index (χ1n) is 5.73. The molecule has 0 spiro atoms. The van der Waals surface area contributed by atoms with E-state index in [1.807, 2.05) is 24.3 Å². The maximum atomic E-state index is 9.38. The highest BCUT2D eigenvalue weighted by molar-refractivity contribution is 5.52. The van der Waals surface area contributed by atoms with Crippen molar-refractivity contribution < 1.29 is 14.6 Å². The van der Waals surface area contributed by atoms with E-state index >= 15 is 0 Å². The van der Waals surface area contributed by atoms with Gasteiger partial charge in [0.15, 0.2) is 11.5 Å². The molecule has 0 fully saturated rings. The molecule has 1 heterocycles. The highest BCUT2D eigenvalue weighted by Crippen LogP contribution is 2.35. The average molecular weight is 243 g/mol. The molecule has 0 bridgehead atoms. The van der Waals surface area contributed by atoms with Gasteiger partial charge in [-0.1, -0.05) is 18.2 Å². The second kappa shape index (κ2) is 4.49. The molecule has 2 aromatic carbocycles. The molecule has 2 aromatic rings. The van der Waals surface area contributed by atoms with Crippen LogP contribution in [0.1, 0.15) is 5.56 Å². The molecule has 0 radical (unpaired) electrons. The Labute approximate surface area is 105 Å². The second-order valence-corrected chi connectivity index (χ2v) is 4.05. The molecule has 0 amide bonds. The lowest BCUT2D eigenvalue weighted by Crippen LogP contribution is -2.01. The van der Waals surface area contributed by atoms with Gasteiger partial charge in [0.25, 0.3) is 0 Å². The Bertz CT molecular complexity index is 569. The summed E-state index contributed by atoms with van der Waals surface area (Å²) in [6.45, 7) is 0.897. The summed E-state index contributed by atoms with van der Waals surface area (Å²) in [5, 5.41) is 12.6. The van der Waals surface area contributed by atoms with Gasteiger partial charge < -0.3 is 19.9 Å². The highest BCUT2D eigenvalue weighted by atomic mass is 16.7. The van der Waals surface area contributed by atoms with Gasteiger partial charge in [0.2, 0.25) is 6.79 Å². The maximum absolute atomic E-state index is 9.38. The van der Waals surface area contributed by atoms with E-state index in [0.29, 0.717) is 6.54 Å². The lowest BCUT2D eigenvalue weighted by molar-refractivity contribution is 0.173. The number of phenolic OH excluding ortho intramolecular Hbond substituents is 1. The minimum absolute atomic E-state index is 0.248. The Morgan fingerprint density at radius 3 is 2.89 bits per heavy atom. The average Bonchev–Trinajstić information content (AvgIpc) is 2.85. The van der Waals surface area contributed by atoms with Crippen LogP contribution in [0.3, 0.4) is 0 Å². The number of fused-ring (bicyclic) bond motifs is 1. The van der Waals surface area contributed by atoms with Crippen molar-refractivity contribution >= 4 is 5.69 Å². The lowest BCUT2D eigenvalue weighted by Gasteiger charge is -2.09. The van der Waals surface area contributed by atoms with Crippen molar-refractivity contribution in [3.05, 3.63) is 48.0 Å². The summed E-state index contributed by atoms with van der Waals surface area (Å²) in [6, 6.07) is 12.8. The molecule has 3 rings (SSSR count). The van der Waals surface area contributed by atoms with Gasteiger partial charge in [-0.15, -0.1) is 0 Å². The summed E-state index contributed by atoms with van der Waals surface area (Å²) in [5.41, 5.74) is 1.90. The van der Waals surface area contributed by atoms with Gasteiger partial charge >= 0.3 is 0 Å². The van der Waals surface area contributed by atoms with Crippen molar-refractivity contribution in [2.45, 2.75) is 6.54 Å². The molecular weight excluding hydrogens is 230 g/mol.